The van der Waals surface area contributed by atoms with Crippen molar-refractivity contribution in [3.63, 3.8) is 0 Å². The summed E-state index contributed by atoms with van der Waals surface area (Å²) in [6.45, 7) is 6.86. The van der Waals surface area contributed by atoms with Crippen molar-refractivity contribution in [1.29, 1.82) is 0 Å². The van der Waals surface area contributed by atoms with Gasteiger partial charge in [0.25, 0.3) is 0 Å². The summed E-state index contributed by atoms with van der Waals surface area (Å²) in [6, 6.07) is 2.10. The van der Waals surface area contributed by atoms with Crippen LogP contribution in [0.5, 0.6) is 0 Å². The van der Waals surface area contributed by atoms with E-state index in [-0.39, 0.29) is 0 Å². The van der Waals surface area contributed by atoms with E-state index < -0.39 is 0 Å². The Hall–Kier alpha value is -0.610. The number of nitrogens with zero attached hydrogens (tertiary/aromatic N) is 2. The summed E-state index contributed by atoms with van der Waals surface area (Å²) in [6.07, 6.45) is 7.54. The van der Waals surface area contributed by atoms with Crippen LogP contribution in [0.4, 0.5) is 5.69 Å². The lowest BCUT2D eigenvalue weighted by Gasteiger charge is -2.34. The molecule has 4 heteroatoms. The molecule has 1 fully saturated rings. The molecule has 100 valence electrons. The first kappa shape index (κ1) is 13.8. The maximum Gasteiger partial charge on any atom is 0.0592 e. The maximum atomic E-state index is 4.12. The van der Waals surface area contributed by atoms with E-state index in [1.54, 1.807) is 0 Å². The molecule has 0 unspecified atom stereocenters. The Balaban J connectivity index is 1.81. The number of anilines is 1. The predicted octanol–water partition coefficient (Wildman–Crippen LogP) is 3.06. The minimum absolute atomic E-state index is 0.841. The van der Waals surface area contributed by atoms with Crippen LogP contribution in [0.1, 0.15) is 26.2 Å². The summed E-state index contributed by atoms with van der Waals surface area (Å²) < 4.78 is 1.10. The summed E-state index contributed by atoms with van der Waals surface area (Å²) >= 11 is 3.58. The van der Waals surface area contributed by atoms with Crippen LogP contribution in [-0.2, 0) is 0 Å². The Bertz CT molecular complexity index is 362. The fraction of sp³-hybridized carbons (Fsp3) is 0.643. The molecule has 18 heavy (non-hydrogen) atoms. The lowest BCUT2D eigenvalue weighted by molar-refractivity contribution is 0.383. The molecule has 1 aromatic rings. The second-order valence-corrected chi connectivity index (χ2v) is 5.82. The van der Waals surface area contributed by atoms with Crippen molar-refractivity contribution < 1.29 is 0 Å². The number of rotatable bonds is 5. The molecule has 3 nitrogen and oxygen atoms in total. The van der Waals surface area contributed by atoms with Crippen molar-refractivity contribution in [1.82, 2.24) is 10.3 Å². The normalized spacial score (nSPS) is 17.1. The van der Waals surface area contributed by atoms with Gasteiger partial charge in [-0.25, -0.2) is 0 Å². The highest BCUT2D eigenvalue weighted by Gasteiger charge is 2.20. The Morgan fingerprint density at radius 2 is 2.22 bits per heavy atom. The molecule has 0 spiro atoms. The highest BCUT2D eigenvalue weighted by molar-refractivity contribution is 9.10. The summed E-state index contributed by atoms with van der Waals surface area (Å²) in [7, 11) is 0. The first-order chi connectivity index (χ1) is 8.81. The lowest BCUT2D eigenvalue weighted by Crippen LogP contribution is -2.37. The molecule has 0 bridgehead atoms. The number of halogens is 1. The van der Waals surface area contributed by atoms with Gasteiger partial charge in [-0.15, -0.1) is 0 Å². The zero-order valence-corrected chi connectivity index (χ0v) is 12.6. The Morgan fingerprint density at radius 3 is 2.89 bits per heavy atom. The van der Waals surface area contributed by atoms with E-state index >= 15 is 0 Å². The molecule has 0 saturated carbocycles. The first-order valence-corrected chi connectivity index (χ1v) is 7.65. The minimum Gasteiger partial charge on any atom is -0.371 e. The van der Waals surface area contributed by atoms with Gasteiger partial charge in [0, 0.05) is 25.5 Å². The largest absolute Gasteiger partial charge is 0.371 e. The molecule has 0 amide bonds. The molecule has 1 aliphatic rings. The van der Waals surface area contributed by atoms with Crippen LogP contribution in [0.25, 0.3) is 0 Å². The van der Waals surface area contributed by atoms with Crippen LogP contribution in [-0.4, -0.2) is 31.2 Å². The minimum atomic E-state index is 0.841. The van der Waals surface area contributed by atoms with Gasteiger partial charge in [-0.05, 0) is 60.3 Å². The smallest absolute Gasteiger partial charge is 0.0592 e. The third-order valence-electron chi connectivity index (χ3n) is 3.57. The molecule has 0 atom stereocenters. The molecule has 0 aromatic carbocycles. The van der Waals surface area contributed by atoms with Gasteiger partial charge in [-0.3, -0.25) is 4.98 Å². The first-order valence-electron chi connectivity index (χ1n) is 6.86. The molecule has 2 heterocycles. The van der Waals surface area contributed by atoms with Gasteiger partial charge in [0.1, 0.15) is 0 Å². The van der Waals surface area contributed by atoms with E-state index in [0.29, 0.717) is 0 Å². The Labute approximate surface area is 118 Å². The van der Waals surface area contributed by atoms with Crippen LogP contribution < -0.4 is 10.2 Å². The number of pyridine rings is 1. The van der Waals surface area contributed by atoms with Crippen molar-refractivity contribution in [3.05, 3.63) is 22.9 Å². The average Bonchev–Trinajstić information content (AvgIpc) is 2.41. The zero-order valence-electron chi connectivity index (χ0n) is 11.0. The summed E-state index contributed by atoms with van der Waals surface area (Å²) in [5, 5.41) is 3.53. The van der Waals surface area contributed by atoms with Crippen LogP contribution >= 0.6 is 15.9 Å². The topological polar surface area (TPSA) is 28.2 Å². The predicted molar refractivity (Wildman–Crippen MR) is 80.0 cm³/mol. The number of hydrogen-bond acceptors (Lipinski definition) is 3. The van der Waals surface area contributed by atoms with Crippen LogP contribution in [0.2, 0.25) is 0 Å². The van der Waals surface area contributed by atoms with Crippen molar-refractivity contribution in [3.8, 4) is 0 Å². The van der Waals surface area contributed by atoms with Gasteiger partial charge in [0.2, 0.25) is 0 Å². The molecule has 1 saturated heterocycles. The number of aromatic nitrogens is 1. The van der Waals surface area contributed by atoms with Crippen molar-refractivity contribution >= 4 is 21.6 Å². The summed E-state index contributed by atoms with van der Waals surface area (Å²) in [4.78, 5) is 6.58. The molecule has 0 radical (unpaired) electrons. The molecular weight excluding hydrogens is 290 g/mol. The molecule has 0 aliphatic carbocycles. The van der Waals surface area contributed by atoms with E-state index in [1.807, 2.05) is 12.4 Å². The summed E-state index contributed by atoms with van der Waals surface area (Å²) in [5.74, 6) is 0.841. The van der Waals surface area contributed by atoms with Crippen molar-refractivity contribution in [2.24, 2.45) is 5.92 Å². The quantitative estimate of drug-likeness (QED) is 0.847. The number of piperidine rings is 1. The third-order valence-corrected chi connectivity index (χ3v) is 4.18. The number of hydrogen-bond donors (Lipinski definition) is 1. The second-order valence-electron chi connectivity index (χ2n) is 4.96. The van der Waals surface area contributed by atoms with Crippen molar-refractivity contribution in [2.75, 3.05) is 31.1 Å². The standard InChI is InChI=1S/C14H22BrN3/c1-2-6-16-10-12-4-8-18(9-5-12)14-3-7-17-11-13(14)15/h3,7,11-12,16H,2,4-6,8-10H2,1H3. The molecule has 2 rings (SSSR count). The van der Waals surface area contributed by atoms with Crippen molar-refractivity contribution in [2.45, 2.75) is 26.2 Å². The van der Waals surface area contributed by atoms with E-state index in [2.05, 4.69) is 44.1 Å². The van der Waals surface area contributed by atoms with Gasteiger partial charge < -0.3 is 10.2 Å². The molecular formula is C14H22BrN3. The van der Waals surface area contributed by atoms with E-state index in [4.69, 9.17) is 0 Å². The van der Waals surface area contributed by atoms with Gasteiger partial charge in [-0.1, -0.05) is 6.92 Å². The van der Waals surface area contributed by atoms with Crippen LogP contribution in [0, 0.1) is 5.92 Å². The van der Waals surface area contributed by atoms with Gasteiger partial charge in [-0.2, -0.15) is 0 Å². The third kappa shape index (κ3) is 3.69. The zero-order chi connectivity index (χ0) is 12.8. The average molecular weight is 312 g/mol. The van der Waals surface area contributed by atoms with Crippen LogP contribution in [0.3, 0.4) is 0 Å². The summed E-state index contributed by atoms with van der Waals surface area (Å²) in [5.41, 5.74) is 1.28. The van der Waals surface area contributed by atoms with Gasteiger partial charge in [0.05, 0.1) is 10.2 Å². The van der Waals surface area contributed by atoms with E-state index in [9.17, 15) is 0 Å². The van der Waals surface area contributed by atoms with Gasteiger partial charge >= 0.3 is 0 Å². The SMILES string of the molecule is CCCNCC1CCN(c2ccncc2Br)CC1. The highest BCUT2D eigenvalue weighted by Crippen LogP contribution is 2.28. The fourth-order valence-electron chi connectivity index (χ4n) is 2.49. The Kier molecular flexibility index (Phi) is 5.45. The maximum absolute atomic E-state index is 4.12. The Morgan fingerprint density at radius 1 is 1.44 bits per heavy atom. The van der Waals surface area contributed by atoms with E-state index in [0.717, 1.165) is 30.0 Å². The molecule has 1 N–H and O–H groups in total. The van der Waals surface area contributed by atoms with Crippen LogP contribution in [0.15, 0.2) is 22.9 Å². The molecule has 1 aliphatic heterocycles. The number of nitrogens with one attached hydrogen (secondary N) is 1. The molecule has 1 aromatic heterocycles. The second kappa shape index (κ2) is 7.10. The van der Waals surface area contributed by atoms with E-state index in [1.165, 1.54) is 31.5 Å². The lowest BCUT2D eigenvalue weighted by atomic mass is 9.96. The fourth-order valence-corrected chi connectivity index (χ4v) is 2.99. The highest BCUT2D eigenvalue weighted by atomic mass is 79.9. The van der Waals surface area contributed by atoms with Gasteiger partial charge in [0.15, 0.2) is 0 Å². The monoisotopic (exact) mass is 311 g/mol.